The van der Waals surface area contributed by atoms with Gasteiger partial charge < -0.3 is 18.9 Å². The number of pyridine rings is 1. The molecule has 3 aromatic heterocycles. The summed E-state index contributed by atoms with van der Waals surface area (Å²) in [6, 6.07) is 12.1. The summed E-state index contributed by atoms with van der Waals surface area (Å²) >= 11 is 0. The summed E-state index contributed by atoms with van der Waals surface area (Å²) in [5, 5.41) is 5.08. The molecule has 1 aromatic carbocycles. The molecule has 0 saturated carbocycles. The van der Waals surface area contributed by atoms with E-state index in [0.717, 1.165) is 40.9 Å². The molecule has 0 unspecified atom stereocenters. The minimum absolute atomic E-state index is 0.173. The van der Waals surface area contributed by atoms with Crippen LogP contribution in [0.15, 0.2) is 53.3 Å². The predicted octanol–water partition coefficient (Wildman–Crippen LogP) is 2.82. The highest BCUT2D eigenvalue weighted by atomic mass is 16.5. The molecule has 5 rings (SSSR count). The van der Waals surface area contributed by atoms with Crippen LogP contribution >= 0.6 is 0 Å². The maximum absolute atomic E-state index is 12.9. The maximum atomic E-state index is 12.9. The van der Waals surface area contributed by atoms with Gasteiger partial charge in [-0.1, -0.05) is 23.4 Å². The average molecular weight is 416 g/mol. The second-order valence-corrected chi connectivity index (χ2v) is 7.87. The van der Waals surface area contributed by atoms with Crippen LogP contribution in [0, 0.1) is 6.92 Å². The highest BCUT2D eigenvalue weighted by Gasteiger charge is 2.23. The van der Waals surface area contributed by atoms with Gasteiger partial charge in [0, 0.05) is 69.0 Å². The van der Waals surface area contributed by atoms with Gasteiger partial charge in [-0.3, -0.25) is 4.79 Å². The van der Waals surface area contributed by atoms with Gasteiger partial charge in [-0.2, -0.15) is 4.98 Å². The van der Waals surface area contributed by atoms with Crippen LogP contribution in [0.3, 0.4) is 0 Å². The first-order valence-corrected chi connectivity index (χ1v) is 10.4. The van der Waals surface area contributed by atoms with Crippen molar-refractivity contribution in [3.05, 3.63) is 60.2 Å². The lowest BCUT2D eigenvalue weighted by Crippen LogP contribution is -2.49. The monoisotopic (exact) mass is 416 g/mol. The number of fused-ring (bicyclic) bond motifs is 1. The Balaban J connectivity index is 1.21. The van der Waals surface area contributed by atoms with Crippen LogP contribution < -0.4 is 4.90 Å². The molecule has 1 aliphatic heterocycles. The number of aromatic nitrogens is 4. The van der Waals surface area contributed by atoms with E-state index in [1.54, 1.807) is 13.1 Å². The number of para-hydroxylation sites is 1. The summed E-state index contributed by atoms with van der Waals surface area (Å²) in [7, 11) is 2.02. The van der Waals surface area contributed by atoms with Gasteiger partial charge >= 0.3 is 0 Å². The van der Waals surface area contributed by atoms with Gasteiger partial charge in [0.2, 0.25) is 17.6 Å². The number of carbonyl (C=O) groups excluding carboxylic acids is 1. The van der Waals surface area contributed by atoms with Crippen LogP contribution in [-0.2, 0) is 18.3 Å². The van der Waals surface area contributed by atoms with E-state index in [0.29, 0.717) is 31.2 Å². The van der Waals surface area contributed by atoms with Gasteiger partial charge in [0.25, 0.3) is 0 Å². The molecule has 1 aliphatic rings. The van der Waals surface area contributed by atoms with Crippen LogP contribution in [-0.4, -0.2) is 56.7 Å². The van der Waals surface area contributed by atoms with Crippen molar-refractivity contribution in [1.82, 2.24) is 24.6 Å². The lowest BCUT2D eigenvalue weighted by Gasteiger charge is -2.35. The number of rotatable bonds is 4. The molecule has 4 heterocycles. The number of hydrogen-bond acceptors (Lipinski definition) is 6. The average Bonchev–Trinajstić information content (AvgIpc) is 3.37. The highest BCUT2D eigenvalue weighted by Crippen LogP contribution is 2.22. The second-order valence-electron chi connectivity index (χ2n) is 7.87. The molecule has 1 amide bonds. The summed E-state index contributed by atoms with van der Waals surface area (Å²) < 4.78 is 7.11. The van der Waals surface area contributed by atoms with Crippen molar-refractivity contribution >= 4 is 22.6 Å². The lowest BCUT2D eigenvalue weighted by atomic mass is 10.1. The Bertz CT molecular complexity index is 1220. The number of aryl methyl sites for hydroxylation is 2. The fourth-order valence-corrected chi connectivity index (χ4v) is 4.15. The van der Waals surface area contributed by atoms with Crippen LogP contribution in [0.2, 0.25) is 0 Å². The zero-order chi connectivity index (χ0) is 21.4. The minimum Gasteiger partial charge on any atom is -0.353 e. The quantitative estimate of drug-likeness (QED) is 0.509. The summed E-state index contributed by atoms with van der Waals surface area (Å²) in [6.45, 7) is 4.66. The maximum Gasteiger partial charge on any atom is 0.227 e. The van der Waals surface area contributed by atoms with Crippen molar-refractivity contribution in [3.8, 4) is 11.4 Å². The van der Waals surface area contributed by atoms with Gasteiger partial charge in [-0.15, -0.1) is 0 Å². The molecule has 0 radical (unpaired) electrons. The molecule has 0 atom stereocenters. The minimum atomic E-state index is 0.173. The topological polar surface area (TPSA) is 80.3 Å². The Kier molecular flexibility index (Phi) is 4.89. The number of anilines is 1. The van der Waals surface area contributed by atoms with Crippen LogP contribution in [0.4, 0.5) is 5.82 Å². The normalized spacial score (nSPS) is 14.4. The standard InChI is InChI=1S/C23H24N6O2/c1-16-25-23(26-31-16)17-7-8-21(24-14-17)28-9-11-29(12-10-28)22(30)13-18-15-27(2)20-6-4-3-5-19(18)20/h3-8,14-15H,9-13H2,1-2H3. The SMILES string of the molecule is Cc1nc(-c2ccc(N3CCN(C(=O)Cc4cn(C)c5ccccc45)CC3)nc2)no1. The third-order valence-corrected chi connectivity index (χ3v) is 5.81. The smallest absolute Gasteiger partial charge is 0.227 e. The van der Waals surface area contributed by atoms with E-state index in [2.05, 4.69) is 42.9 Å². The number of amides is 1. The number of piperazine rings is 1. The first-order valence-electron chi connectivity index (χ1n) is 10.4. The molecular weight excluding hydrogens is 392 g/mol. The molecule has 0 N–H and O–H groups in total. The lowest BCUT2D eigenvalue weighted by molar-refractivity contribution is -0.130. The van der Waals surface area contributed by atoms with Crippen molar-refractivity contribution in [2.75, 3.05) is 31.1 Å². The van der Waals surface area contributed by atoms with E-state index in [-0.39, 0.29) is 5.91 Å². The molecule has 4 aromatic rings. The molecule has 1 fully saturated rings. The van der Waals surface area contributed by atoms with E-state index in [4.69, 9.17) is 4.52 Å². The van der Waals surface area contributed by atoms with Crippen molar-refractivity contribution in [2.45, 2.75) is 13.3 Å². The molecule has 0 bridgehead atoms. The van der Waals surface area contributed by atoms with Gasteiger partial charge in [-0.05, 0) is 23.8 Å². The Labute approximate surface area is 180 Å². The van der Waals surface area contributed by atoms with E-state index in [1.807, 2.05) is 36.2 Å². The van der Waals surface area contributed by atoms with Crippen LogP contribution in [0.5, 0.6) is 0 Å². The Morgan fingerprint density at radius 3 is 2.61 bits per heavy atom. The Hall–Kier alpha value is -3.68. The fraction of sp³-hybridized carbons (Fsp3) is 0.304. The summed E-state index contributed by atoms with van der Waals surface area (Å²) in [5.74, 6) is 2.14. The highest BCUT2D eigenvalue weighted by molar-refractivity contribution is 5.89. The van der Waals surface area contributed by atoms with Gasteiger partial charge in [0.05, 0.1) is 6.42 Å². The molecule has 0 aliphatic carbocycles. The van der Waals surface area contributed by atoms with E-state index >= 15 is 0 Å². The number of nitrogens with zero attached hydrogens (tertiary/aromatic N) is 6. The van der Waals surface area contributed by atoms with Crippen LogP contribution in [0.25, 0.3) is 22.3 Å². The van der Waals surface area contributed by atoms with E-state index < -0.39 is 0 Å². The molecule has 8 heteroatoms. The summed E-state index contributed by atoms with van der Waals surface area (Å²) in [5.41, 5.74) is 3.06. The van der Waals surface area contributed by atoms with Crippen molar-refractivity contribution in [3.63, 3.8) is 0 Å². The summed E-state index contributed by atoms with van der Waals surface area (Å²) in [4.78, 5) is 25.9. The zero-order valence-corrected chi connectivity index (χ0v) is 17.7. The molecule has 0 spiro atoms. The Morgan fingerprint density at radius 2 is 1.90 bits per heavy atom. The van der Waals surface area contributed by atoms with Crippen molar-refractivity contribution in [2.24, 2.45) is 7.05 Å². The number of carbonyl (C=O) groups is 1. The van der Waals surface area contributed by atoms with Crippen molar-refractivity contribution < 1.29 is 9.32 Å². The summed E-state index contributed by atoms with van der Waals surface area (Å²) in [6.07, 6.45) is 4.26. The fourth-order valence-electron chi connectivity index (χ4n) is 4.15. The molecule has 8 nitrogen and oxygen atoms in total. The first kappa shape index (κ1) is 19.3. The number of hydrogen-bond donors (Lipinski definition) is 0. The number of benzene rings is 1. The molecule has 1 saturated heterocycles. The van der Waals surface area contributed by atoms with Gasteiger partial charge in [0.15, 0.2) is 0 Å². The molecular formula is C23H24N6O2. The first-order chi connectivity index (χ1) is 15.1. The molecule has 31 heavy (non-hydrogen) atoms. The van der Waals surface area contributed by atoms with Gasteiger partial charge in [0.1, 0.15) is 5.82 Å². The Morgan fingerprint density at radius 1 is 1.10 bits per heavy atom. The van der Waals surface area contributed by atoms with Crippen molar-refractivity contribution in [1.29, 1.82) is 0 Å². The second kappa shape index (κ2) is 7.86. The molecule has 158 valence electrons. The zero-order valence-electron chi connectivity index (χ0n) is 17.7. The van der Waals surface area contributed by atoms with E-state index in [1.165, 1.54) is 0 Å². The van der Waals surface area contributed by atoms with Gasteiger partial charge in [-0.25, -0.2) is 4.98 Å². The largest absolute Gasteiger partial charge is 0.353 e. The van der Waals surface area contributed by atoms with Crippen LogP contribution in [0.1, 0.15) is 11.5 Å². The predicted molar refractivity (Wildman–Crippen MR) is 118 cm³/mol. The van der Waals surface area contributed by atoms with E-state index in [9.17, 15) is 4.79 Å². The third kappa shape index (κ3) is 3.76. The third-order valence-electron chi connectivity index (χ3n) is 5.81.